The lowest BCUT2D eigenvalue weighted by Gasteiger charge is -2.09. The number of hydrogen-bond acceptors (Lipinski definition) is 5. The number of aromatic nitrogens is 5. The third-order valence-electron chi connectivity index (χ3n) is 3.48. The Kier molecular flexibility index (Phi) is 4.08. The van der Waals surface area contributed by atoms with Gasteiger partial charge in [-0.1, -0.05) is 6.07 Å². The first-order chi connectivity index (χ1) is 11.3. The van der Waals surface area contributed by atoms with Crippen molar-refractivity contribution in [3.63, 3.8) is 0 Å². The molecule has 0 aliphatic carbocycles. The lowest BCUT2D eigenvalue weighted by Crippen LogP contribution is -2.12. The van der Waals surface area contributed by atoms with E-state index >= 15 is 0 Å². The van der Waals surface area contributed by atoms with Crippen LogP contribution in [0.1, 0.15) is 22.8 Å². The summed E-state index contributed by atoms with van der Waals surface area (Å²) in [5.74, 6) is -0.878. The summed E-state index contributed by atoms with van der Waals surface area (Å²) in [7, 11) is 0. The van der Waals surface area contributed by atoms with Crippen LogP contribution in [0.4, 0.5) is 19.0 Å². The van der Waals surface area contributed by atoms with Crippen LogP contribution in [0.5, 0.6) is 0 Å². The summed E-state index contributed by atoms with van der Waals surface area (Å²) >= 11 is 0. The highest BCUT2D eigenvalue weighted by Crippen LogP contribution is 2.27. The molecular formula is C15H15F3N6. The van der Waals surface area contributed by atoms with Crippen molar-refractivity contribution >= 4 is 11.6 Å². The number of alkyl halides is 3. The smallest absolute Gasteiger partial charge is 0.369 e. The number of aryl methyl sites for hydroxylation is 2. The third-order valence-corrected chi connectivity index (χ3v) is 3.48. The van der Waals surface area contributed by atoms with Crippen molar-refractivity contribution in [1.82, 2.24) is 24.6 Å². The van der Waals surface area contributed by atoms with Gasteiger partial charge in [-0.15, -0.1) is 5.10 Å². The summed E-state index contributed by atoms with van der Waals surface area (Å²) in [4.78, 5) is 11.7. The molecule has 0 saturated heterocycles. The molecule has 1 N–H and O–H groups in total. The molecule has 0 bridgehead atoms. The highest BCUT2D eigenvalue weighted by Gasteiger charge is 2.36. The highest BCUT2D eigenvalue weighted by molar-refractivity contribution is 5.45. The Morgan fingerprint density at radius 2 is 2.00 bits per heavy atom. The van der Waals surface area contributed by atoms with Gasteiger partial charge in [0.05, 0.1) is 0 Å². The first kappa shape index (κ1) is 16.2. The summed E-state index contributed by atoms with van der Waals surface area (Å²) < 4.78 is 39.4. The predicted octanol–water partition coefficient (Wildman–Crippen LogP) is 2.81. The molecule has 0 amide bonds. The van der Waals surface area contributed by atoms with E-state index in [9.17, 15) is 13.2 Å². The van der Waals surface area contributed by atoms with Crippen LogP contribution in [-0.4, -0.2) is 31.1 Å². The lowest BCUT2D eigenvalue weighted by molar-refractivity contribution is -0.144. The van der Waals surface area contributed by atoms with Gasteiger partial charge in [-0.05, 0) is 25.5 Å². The average molecular weight is 336 g/mol. The minimum atomic E-state index is -4.61. The maximum absolute atomic E-state index is 12.8. The number of hydrogen-bond donors (Lipinski definition) is 1. The molecule has 0 unspecified atom stereocenters. The molecule has 9 heteroatoms. The molecule has 0 radical (unpaired) electrons. The quantitative estimate of drug-likeness (QED) is 0.793. The second-order valence-electron chi connectivity index (χ2n) is 5.37. The normalized spacial score (nSPS) is 11.9. The molecular weight excluding hydrogens is 321 g/mol. The molecule has 3 aromatic heterocycles. The van der Waals surface area contributed by atoms with E-state index < -0.39 is 12.0 Å². The lowest BCUT2D eigenvalue weighted by atomic mass is 10.2. The topological polar surface area (TPSA) is 68.0 Å². The van der Waals surface area contributed by atoms with Crippen LogP contribution in [0.2, 0.25) is 0 Å². The first-order valence-electron chi connectivity index (χ1n) is 7.30. The SMILES string of the molecule is Cc1cc(NCCc2ncccc2C)n2nc(C(F)(F)F)nc2n1. The van der Waals surface area contributed by atoms with Gasteiger partial charge in [-0.2, -0.15) is 22.7 Å². The van der Waals surface area contributed by atoms with Crippen LogP contribution in [0.15, 0.2) is 24.4 Å². The Balaban J connectivity index is 1.83. The molecule has 3 aromatic rings. The summed E-state index contributed by atoms with van der Waals surface area (Å²) in [5, 5.41) is 6.59. The van der Waals surface area contributed by atoms with Gasteiger partial charge < -0.3 is 5.32 Å². The first-order valence-corrected chi connectivity index (χ1v) is 7.30. The van der Waals surface area contributed by atoms with Gasteiger partial charge in [0.25, 0.3) is 11.6 Å². The summed E-state index contributed by atoms with van der Waals surface area (Å²) in [6.07, 6.45) is -2.26. The largest absolute Gasteiger partial charge is 0.453 e. The fraction of sp³-hybridized carbons (Fsp3) is 0.333. The Labute approximate surface area is 135 Å². The van der Waals surface area contributed by atoms with E-state index in [2.05, 4.69) is 25.4 Å². The molecule has 0 spiro atoms. The number of rotatable bonds is 4. The number of halogens is 3. The molecule has 126 valence electrons. The van der Waals surface area contributed by atoms with Gasteiger partial charge in [0, 0.05) is 36.6 Å². The van der Waals surface area contributed by atoms with Crippen LogP contribution in [0, 0.1) is 13.8 Å². The highest BCUT2D eigenvalue weighted by atomic mass is 19.4. The number of fused-ring (bicyclic) bond motifs is 1. The van der Waals surface area contributed by atoms with E-state index in [-0.39, 0.29) is 5.78 Å². The van der Waals surface area contributed by atoms with Gasteiger partial charge in [0.15, 0.2) is 0 Å². The van der Waals surface area contributed by atoms with Crippen LogP contribution in [-0.2, 0) is 12.6 Å². The molecule has 0 aliphatic heterocycles. The van der Waals surface area contributed by atoms with Crippen molar-refractivity contribution in [1.29, 1.82) is 0 Å². The molecule has 24 heavy (non-hydrogen) atoms. The Morgan fingerprint density at radius 1 is 1.21 bits per heavy atom. The van der Waals surface area contributed by atoms with E-state index in [1.807, 2.05) is 19.1 Å². The molecule has 0 aromatic carbocycles. The number of pyridine rings is 1. The van der Waals surface area contributed by atoms with Crippen LogP contribution in [0.3, 0.4) is 0 Å². The van der Waals surface area contributed by atoms with E-state index in [4.69, 9.17) is 0 Å². The van der Waals surface area contributed by atoms with Gasteiger partial charge >= 0.3 is 6.18 Å². The monoisotopic (exact) mass is 336 g/mol. The number of anilines is 1. The minimum absolute atomic E-state index is 0.0844. The minimum Gasteiger partial charge on any atom is -0.369 e. The molecule has 0 saturated carbocycles. The summed E-state index contributed by atoms with van der Waals surface area (Å²) in [6.45, 7) is 4.15. The Morgan fingerprint density at radius 3 is 2.71 bits per heavy atom. The fourth-order valence-electron chi connectivity index (χ4n) is 2.32. The molecule has 0 fully saturated rings. The van der Waals surface area contributed by atoms with E-state index in [1.54, 1.807) is 19.2 Å². The second-order valence-corrected chi connectivity index (χ2v) is 5.37. The predicted molar refractivity (Wildman–Crippen MR) is 81.7 cm³/mol. The zero-order valence-electron chi connectivity index (χ0n) is 13.1. The van der Waals surface area contributed by atoms with Crippen LogP contribution >= 0.6 is 0 Å². The molecule has 3 rings (SSSR count). The van der Waals surface area contributed by atoms with Crippen molar-refractivity contribution in [2.24, 2.45) is 0 Å². The second kappa shape index (κ2) is 6.06. The van der Waals surface area contributed by atoms with Crippen molar-refractivity contribution < 1.29 is 13.2 Å². The summed E-state index contributed by atoms with van der Waals surface area (Å²) in [5.41, 5.74) is 2.55. The van der Waals surface area contributed by atoms with Gasteiger partial charge in [-0.25, -0.2) is 4.98 Å². The number of nitrogens with one attached hydrogen (secondary N) is 1. The van der Waals surface area contributed by atoms with Gasteiger partial charge in [-0.3, -0.25) is 4.98 Å². The molecule has 6 nitrogen and oxygen atoms in total. The zero-order valence-corrected chi connectivity index (χ0v) is 13.1. The van der Waals surface area contributed by atoms with E-state index in [0.29, 0.717) is 24.5 Å². The van der Waals surface area contributed by atoms with E-state index in [1.165, 1.54) is 0 Å². The van der Waals surface area contributed by atoms with E-state index in [0.717, 1.165) is 15.8 Å². The van der Waals surface area contributed by atoms with Gasteiger partial charge in [0.1, 0.15) is 5.82 Å². The van der Waals surface area contributed by atoms with Gasteiger partial charge in [0.2, 0.25) is 0 Å². The molecule has 0 atom stereocenters. The third kappa shape index (κ3) is 3.29. The van der Waals surface area contributed by atoms with Crippen molar-refractivity contribution in [2.45, 2.75) is 26.4 Å². The molecule has 0 aliphatic rings. The fourth-order valence-corrected chi connectivity index (χ4v) is 2.32. The maximum atomic E-state index is 12.8. The van der Waals surface area contributed by atoms with Crippen molar-refractivity contribution in [3.05, 3.63) is 47.2 Å². The number of nitrogens with zero attached hydrogens (tertiary/aromatic N) is 5. The van der Waals surface area contributed by atoms with Crippen LogP contribution in [0.25, 0.3) is 5.78 Å². The average Bonchev–Trinajstić information content (AvgIpc) is 2.93. The van der Waals surface area contributed by atoms with Crippen LogP contribution < -0.4 is 5.32 Å². The van der Waals surface area contributed by atoms with Crippen molar-refractivity contribution in [2.75, 3.05) is 11.9 Å². The molecule has 3 heterocycles. The Bertz CT molecular complexity index is 871. The Hall–Kier alpha value is -2.71. The standard InChI is InChI=1S/C15H15F3N6/c1-9-4-3-6-19-11(9)5-7-20-12-8-10(2)21-14-22-13(15(16,17)18)23-24(12)14/h3-4,6,8,20H,5,7H2,1-2H3. The maximum Gasteiger partial charge on any atom is 0.453 e. The summed E-state index contributed by atoms with van der Waals surface area (Å²) in [6, 6.07) is 5.45. The zero-order chi connectivity index (χ0) is 17.3. The van der Waals surface area contributed by atoms with Crippen molar-refractivity contribution in [3.8, 4) is 0 Å².